The first-order valence-electron chi connectivity index (χ1n) is 9.17. The van der Waals surface area contributed by atoms with Crippen molar-refractivity contribution in [2.75, 3.05) is 27.3 Å². The molecule has 10 nitrogen and oxygen atoms in total. The van der Waals surface area contributed by atoms with Crippen LogP contribution in [-0.4, -0.2) is 58.1 Å². The second-order valence-electron chi connectivity index (χ2n) is 6.71. The van der Waals surface area contributed by atoms with Gasteiger partial charge in [0.1, 0.15) is 11.5 Å². The SMILES string of the molecule is O=C1N(c2ccn(CCI)n2)Cc2nc(-c3cnc(N4CCCC4)cn3)nn21. The molecule has 0 spiro atoms. The van der Waals surface area contributed by atoms with Crippen molar-refractivity contribution in [1.82, 2.24) is 34.5 Å². The largest absolute Gasteiger partial charge is 0.355 e. The highest BCUT2D eigenvalue weighted by Crippen LogP contribution is 2.24. The molecule has 0 unspecified atom stereocenters. The van der Waals surface area contributed by atoms with Gasteiger partial charge >= 0.3 is 6.03 Å². The van der Waals surface area contributed by atoms with E-state index in [-0.39, 0.29) is 6.03 Å². The summed E-state index contributed by atoms with van der Waals surface area (Å²) in [5, 5.41) is 8.79. The molecule has 2 aliphatic heterocycles. The summed E-state index contributed by atoms with van der Waals surface area (Å²) in [4.78, 5) is 30.0. The van der Waals surface area contributed by atoms with Gasteiger partial charge in [0, 0.05) is 36.3 Å². The minimum atomic E-state index is -0.255. The number of anilines is 2. The molecule has 3 aromatic heterocycles. The normalized spacial score (nSPS) is 16.2. The first kappa shape index (κ1) is 17.5. The lowest BCUT2D eigenvalue weighted by atomic mass is 10.4. The molecular weight excluding hydrogens is 473 g/mol. The van der Waals surface area contributed by atoms with E-state index in [2.05, 4.69) is 52.6 Å². The number of hydrogen-bond acceptors (Lipinski definition) is 7. The summed E-state index contributed by atoms with van der Waals surface area (Å²) in [5.41, 5.74) is 0.565. The van der Waals surface area contributed by atoms with Gasteiger partial charge in [0.15, 0.2) is 11.6 Å². The molecule has 28 heavy (non-hydrogen) atoms. The smallest absolute Gasteiger partial charge is 0.352 e. The molecule has 0 N–H and O–H groups in total. The molecule has 5 heterocycles. The number of carbonyl (C=O) groups is 1. The highest BCUT2D eigenvalue weighted by Gasteiger charge is 2.33. The fourth-order valence-corrected chi connectivity index (χ4v) is 3.96. The molecule has 2 aliphatic rings. The summed E-state index contributed by atoms with van der Waals surface area (Å²) in [7, 11) is 0. The summed E-state index contributed by atoms with van der Waals surface area (Å²) in [5.74, 6) is 2.48. The molecule has 0 aliphatic carbocycles. The fourth-order valence-electron chi connectivity index (χ4n) is 3.46. The molecule has 3 aromatic rings. The summed E-state index contributed by atoms with van der Waals surface area (Å²) in [6.45, 7) is 3.18. The number of halogens is 1. The molecule has 0 saturated carbocycles. The van der Waals surface area contributed by atoms with Crippen molar-refractivity contribution in [3.05, 3.63) is 30.5 Å². The highest BCUT2D eigenvalue weighted by atomic mass is 127. The number of fused-ring (bicyclic) bond motifs is 1. The van der Waals surface area contributed by atoms with Gasteiger partial charge < -0.3 is 4.90 Å². The van der Waals surface area contributed by atoms with Crippen LogP contribution in [0.1, 0.15) is 18.7 Å². The van der Waals surface area contributed by atoms with E-state index in [1.54, 1.807) is 17.3 Å². The quantitative estimate of drug-likeness (QED) is 0.398. The van der Waals surface area contributed by atoms with E-state index >= 15 is 0 Å². The first-order valence-corrected chi connectivity index (χ1v) is 10.7. The average Bonchev–Trinajstić information content (AvgIpc) is 3.48. The van der Waals surface area contributed by atoms with Crippen LogP contribution in [-0.2, 0) is 13.1 Å². The van der Waals surface area contributed by atoms with Crippen molar-refractivity contribution in [2.24, 2.45) is 0 Å². The van der Waals surface area contributed by atoms with Gasteiger partial charge in [-0.25, -0.2) is 19.7 Å². The summed E-state index contributed by atoms with van der Waals surface area (Å²) in [6.07, 6.45) is 7.67. The molecule has 0 atom stereocenters. The summed E-state index contributed by atoms with van der Waals surface area (Å²) in [6, 6.07) is 1.58. The molecule has 1 fully saturated rings. The number of nitrogens with zero attached hydrogens (tertiary/aromatic N) is 9. The third kappa shape index (κ3) is 3.02. The van der Waals surface area contributed by atoms with Crippen LogP contribution < -0.4 is 9.80 Å². The van der Waals surface area contributed by atoms with E-state index in [0.717, 1.165) is 29.9 Å². The van der Waals surface area contributed by atoms with Crippen molar-refractivity contribution < 1.29 is 4.79 Å². The van der Waals surface area contributed by atoms with Crippen molar-refractivity contribution in [3.8, 4) is 11.5 Å². The Bertz CT molecular complexity index is 1010. The highest BCUT2D eigenvalue weighted by molar-refractivity contribution is 14.1. The van der Waals surface area contributed by atoms with Gasteiger partial charge in [-0.15, -0.1) is 5.10 Å². The predicted octanol–water partition coefficient (Wildman–Crippen LogP) is 1.96. The van der Waals surface area contributed by atoms with Crippen LogP contribution in [0.5, 0.6) is 0 Å². The molecule has 0 radical (unpaired) electrons. The standard InChI is InChI=1S/C17H18IN9O/c18-4-8-25-7-3-13(22-25)26-11-15-21-16(23-27(15)17(26)28)12-9-20-14(10-19-12)24-5-1-2-6-24/h3,7,9-10H,1-2,4-6,8,11H2. The molecule has 11 heteroatoms. The monoisotopic (exact) mass is 491 g/mol. The van der Waals surface area contributed by atoms with Gasteiger partial charge in [0.05, 0.1) is 18.9 Å². The van der Waals surface area contributed by atoms with Gasteiger partial charge in [0.2, 0.25) is 5.82 Å². The first-order chi connectivity index (χ1) is 13.7. The maximum atomic E-state index is 12.7. The third-order valence-corrected chi connectivity index (χ3v) is 5.38. The minimum absolute atomic E-state index is 0.255. The lowest BCUT2D eigenvalue weighted by molar-refractivity contribution is 0.248. The molecule has 1 saturated heterocycles. The lowest BCUT2D eigenvalue weighted by Crippen LogP contribution is -2.27. The Morgan fingerprint density at radius 2 is 1.93 bits per heavy atom. The van der Waals surface area contributed by atoms with Crippen LogP contribution in [0.4, 0.5) is 16.4 Å². The predicted molar refractivity (Wildman–Crippen MR) is 111 cm³/mol. The zero-order valence-electron chi connectivity index (χ0n) is 15.1. The zero-order valence-corrected chi connectivity index (χ0v) is 17.2. The van der Waals surface area contributed by atoms with E-state index in [1.165, 1.54) is 17.5 Å². The van der Waals surface area contributed by atoms with E-state index < -0.39 is 0 Å². The molecule has 0 aromatic carbocycles. The Hall–Kier alpha value is -2.57. The van der Waals surface area contributed by atoms with Crippen molar-refractivity contribution >= 4 is 40.3 Å². The van der Waals surface area contributed by atoms with E-state index in [9.17, 15) is 4.79 Å². The van der Waals surface area contributed by atoms with Gasteiger partial charge in [0.25, 0.3) is 0 Å². The van der Waals surface area contributed by atoms with Crippen LogP contribution in [0, 0.1) is 0 Å². The topological polar surface area (TPSA) is 97.9 Å². The number of alkyl halides is 1. The van der Waals surface area contributed by atoms with E-state index in [4.69, 9.17) is 0 Å². The number of hydrogen-bond donors (Lipinski definition) is 0. The molecule has 5 rings (SSSR count). The van der Waals surface area contributed by atoms with Gasteiger partial charge in [-0.3, -0.25) is 9.58 Å². The Labute approximate surface area is 174 Å². The van der Waals surface area contributed by atoms with Crippen molar-refractivity contribution in [2.45, 2.75) is 25.9 Å². The Balaban J connectivity index is 1.35. The van der Waals surface area contributed by atoms with Crippen molar-refractivity contribution in [1.29, 1.82) is 0 Å². The molecular formula is C17H18IN9O. The van der Waals surface area contributed by atoms with E-state index in [1.807, 2.05) is 16.9 Å². The maximum absolute atomic E-state index is 12.7. The van der Waals surface area contributed by atoms with Crippen LogP contribution in [0.3, 0.4) is 0 Å². The van der Waals surface area contributed by atoms with Crippen LogP contribution in [0.25, 0.3) is 11.5 Å². The molecule has 1 amide bonds. The van der Waals surface area contributed by atoms with Crippen molar-refractivity contribution in [3.63, 3.8) is 0 Å². The van der Waals surface area contributed by atoms with Crippen LogP contribution in [0.2, 0.25) is 0 Å². The lowest BCUT2D eigenvalue weighted by Gasteiger charge is -2.15. The Kier molecular flexibility index (Phi) is 4.45. The van der Waals surface area contributed by atoms with Gasteiger partial charge in [-0.2, -0.15) is 9.78 Å². The Morgan fingerprint density at radius 1 is 1.07 bits per heavy atom. The number of amides is 1. The maximum Gasteiger partial charge on any atom is 0.352 e. The Morgan fingerprint density at radius 3 is 2.64 bits per heavy atom. The summed E-state index contributed by atoms with van der Waals surface area (Å²) < 4.78 is 4.10. The molecule has 0 bridgehead atoms. The molecule has 144 valence electrons. The second kappa shape index (κ2) is 7.11. The van der Waals surface area contributed by atoms with Gasteiger partial charge in [-0.05, 0) is 12.8 Å². The third-order valence-electron chi connectivity index (χ3n) is 4.90. The van der Waals surface area contributed by atoms with Gasteiger partial charge in [-0.1, -0.05) is 22.6 Å². The summed E-state index contributed by atoms with van der Waals surface area (Å²) >= 11 is 2.29. The van der Waals surface area contributed by atoms with Crippen LogP contribution in [0.15, 0.2) is 24.7 Å². The van der Waals surface area contributed by atoms with Crippen LogP contribution >= 0.6 is 22.6 Å². The number of aromatic nitrogens is 7. The number of aryl methyl sites for hydroxylation is 1. The zero-order chi connectivity index (χ0) is 19.1. The fraction of sp³-hybridized carbons (Fsp3) is 0.412. The number of carbonyl (C=O) groups excluding carboxylic acids is 1. The minimum Gasteiger partial charge on any atom is -0.355 e. The van der Waals surface area contributed by atoms with E-state index in [0.29, 0.717) is 29.7 Å². The average molecular weight is 491 g/mol. The number of rotatable bonds is 5. The second-order valence-corrected chi connectivity index (χ2v) is 7.79.